The molecule has 1 aromatic rings. The number of nitrogens with one attached hydrogen (secondary N) is 3. The number of imidazole rings is 1. The second-order valence-corrected chi connectivity index (χ2v) is 6.80. The van der Waals surface area contributed by atoms with Crippen LogP contribution in [-0.2, 0) is 25.6 Å². The van der Waals surface area contributed by atoms with Gasteiger partial charge in [-0.05, 0) is 19.3 Å². The van der Waals surface area contributed by atoms with E-state index in [9.17, 15) is 24.3 Å². The number of rotatable bonds is 14. The van der Waals surface area contributed by atoms with E-state index in [1.54, 1.807) is 0 Å². The lowest BCUT2D eigenvalue weighted by atomic mass is 10.1. The van der Waals surface area contributed by atoms with Gasteiger partial charge >= 0.3 is 5.97 Å². The zero-order chi connectivity index (χ0) is 23.4. The highest BCUT2D eigenvalue weighted by Crippen LogP contribution is 2.04. The first-order valence-electron chi connectivity index (χ1n) is 9.50. The van der Waals surface area contributed by atoms with Crippen molar-refractivity contribution in [1.82, 2.24) is 20.6 Å². The van der Waals surface area contributed by atoms with Gasteiger partial charge in [-0.25, -0.2) is 9.78 Å². The van der Waals surface area contributed by atoms with Gasteiger partial charge in [-0.2, -0.15) is 0 Å². The molecule has 0 saturated carbocycles. The van der Waals surface area contributed by atoms with Crippen LogP contribution in [-0.4, -0.2) is 69.4 Å². The number of guanidine groups is 1. The molecule has 0 radical (unpaired) electrons. The molecule has 3 unspecified atom stereocenters. The molecule has 1 rings (SSSR count). The highest BCUT2D eigenvalue weighted by Gasteiger charge is 2.28. The molecule has 12 N–H and O–H groups in total. The van der Waals surface area contributed by atoms with Crippen molar-refractivity contribution >= 4 is 29.7 Å². The van der Waals surface area contributed by atoms with Crippen molar-refractivity contribution in [3.05, 3.63) is 18.2 Å². The predicted molar refractivity (Wildman–Crippen MR) is 110 cm³/mol. The van der Waals surface area contributed by atoms with Crippen LogP contribution in [0.4, 0.5) is 0 Å². The first-order valence-corrected chi connectivity index (χ1v) is 9.50. The van der Waals surface area contributed by atoms with Gasteiger partial charge < -0.3 is 43.7 Å². The van der Waals surface area contributed by atoms with Crippen molar-refractivity contribution in [1.29, 1.82) is 0 Å². The number of carboxylic acids is 1. The number of hydrogen-bond acceptors (Lipinski definition) is 7. The normalized spacial score (nSPS) is 13.5. The quantitative estimate of drug-likeness (QED) is 0.0816. The number of aliphatic carboxylic acids is 1. The molecule has 0 aromatic carbocycles. The van der Waals surface area contributed by atoms with E-state index in [0.717, 1.165) is 0 Å². The van der Waals surface area contributed by atoms with Crippen LogP contribution in [0.3, 0.4) is 0 Å². The van der Waals surface area contributed by atoms with Gasteiger partial charge in [-0.1, -0.05) is 0 Å². The first kappa shape index (κ1) is 25.4. The molecule has 31 heavy (non-hydrogen) atoms. The number of carboxylic acid groups (broad SMARTS) is 1. The average Bonchev–Trinajstić information content (AvgIpc) is 3.20. The zero-order valence-corrected chi connectivity index (χ0v) is 16.9. The fourth-order valence-corrected chi connectivity index (χ4v) is 2.57. The number of aromatic nitrogens is 2. The van der Waals surface area contributed by atoms with Crippen molar-refractivity contribution in [2.24, 2.45) is 27.9 Å². The van der Waals surface area contributed by atoms with E-state index in [2.05, 4.69) is 25.6 Å². The lowest BCUT2D eigenvalue weighted by Gasteiger charge is -2.22. The van der Waals surface area contributed by atoms with Crippen molar-refractivity contribution in [2.45, 2.75) is 50.2 Å². The molecule has 0 bridgehead atoms. The maximum Gasteiger partial charge on any atom is 0.326 e. The molecule has 1 aromatic heterocycles. The van der Waals surface area contributed by atoms with E-state index in [0.29, 0.717) is 12.1 Å². The summed E-state index contributed by atoms with van der Waals surface area (Å²) in [6, 6.07) is -3.44. The van der Waals surface area contributed by atoms with Crippen LogP contribution in [0.1, 0.15) is 31.4 Å². The zero-order valence-electron chi connectivity index (χ0n) is 16.9. The number of H-pyrrole nitrogens is 1. The number of aromatic amines is 1. The summed E-state index contributed by atoms with van der Waals surface area (Å²) in [5.41, 5.74) is 21.9. The number of carbonyl (C=O) groups is 4. The van der Waals surface area contributed by atoms with E-state index in [4.69, 9.17) is 22.9 Å². The number of hydrogen-bond donors (Lipinski definition) is 8. The summed E-state index contributed by atoms with van der Waals surface area (Å²) >= 11 is 0. The Balaban J connectivity index is 2.75. The van der Waals surface area contributed by atoms with Gasteiger partial charge in [0.1, 0.15) is 12.1 Å². The van der Waals surface area contributed by atoms with Crippen LogP contribution in [0.2, 0.25) is 0 Å². The lowest BCUT2D eigenvalue weighted by Crippen LogP contribution is -2.55. The second-order valence-electron chi connectivity index (χ2n) is 6.80. The van der Waals surface area contributed by atoms with Crippen LogP contribution in [0.25, 0.3) is 0 Å². The van der Waals surface area contributed by atoms with E-state index in [-0.39, 0.29) is 38.2 Å². The van der Waals surface area contributed by atoms with Gasteiger partial charge in [0.25, 0.3) is 0 Å². The van der Waals surface area contributed by atoms with Crippen LogP contribution < -0.4 is 33.6 Å². The molecular formula is C17H29N9O5. The molecule has 0 spiro atoms. The van der Waals surface area contributed by atoms with E-state index < -0.39 is 41.8 Å². The Morgan fingerprint density at radius 3 is 2.32 bits per heavy atom. The fraction of sp³-hybridized carbons (Fsp3) is 0.529. The van der Waals surface area contributed by atoms with Gasteiger partial charge in [0.2, 0.25) is 17.7 Å². The summed E-state index contributed by atoms with van der Waals surface area (Å²) in [6.45, 7) is 0.281. The smallest absolute Gasteiger partial charge is 0.326 e. The Hall–Kier alpha value is -3.68. The molecule has 172 valence electrons. The molecule has 14 heteroatoms. The summed E-state index contributed by atoms with van der Waals surface area (Å²) in [5, 5.41) is 14.2. The summed E-state index contributed by atoms with van der Waals surface area (Å²) in [5.74, 6) is -3.46. The number of nitrogens with two attached hydrogens (primary N) is 4. The standard InChI is InChI=1S/C17H29N9O5/c18-10(2-1-5-23-17(20)21)14(28)25-11(3-4-13(19)27)15(29)26-12(16(30)31)6-9-7-22-8-24-9/h7-8,10-12H,1-6,18H2,(H2,19,27)(H,22,24)(H,25,28)(H,26,29)(H,30,31)(H4,20,21,23). The number of aliphatic imine (C=N–C) groups is 1. The molecule has 0 saturated heterocycles. The van der Waals surface area contributed by atoms with Crippen LogP contribution in [0.15, 0.2) is 17.5 Å². The van der Waals surface area contributed by atoms with E-state index in [1.807, 2.05) is 0 Å². The SMILES string of the molecule is NC(=O)CCC(NC(=O)C(N)CCCN=C(N)N)C(=O)NC(Cc1cnc[nH]1)C(=O)O. The maximum atomic E-state index is 12.6. The van der Waals surface area contributed by atoms with Crippen molar-refractivity contribution in [2.75, 3.05) is 6.54 Å². The van der Waals surface area contributed by atoms with Crippen molar-refractivity contribution in [3.8, 4) is 0 Å². The third-order valence-corrected chi connectivity index (χ3v) is 4.21. The molecule has 0 aliphatic carbocycles. The van der Waals surface area contributed by atoms with Gasteiger partial charge in [0.15, 0.2) is 5.96 Å². The second kappa shape index (κ2) is 12.8. The Bertz CT molecular complexity index is 777. The Labute approximate surface area is 178 Å². The molecule has 0 aliphatic rings. The molecule has 14 nitrogen and oxygen atoms in total. The molecule has 0 aliphatic heterocycles. The number of nitrogens with zero attached hydrogens (tertiary/aromatic N) is 2. The average molecular weight is 439 g/mol. The Kier molecular flexibility index (Phi) is 10.5. The lowest BCUT2D eigenvalue weighted by molar-refractivity contribution is -0.142. The highest BCUT2D eigenvalue weighted by molar-refractivity contribution is 5.92. The van der Waals surface area contributed by atoms with E-state index in [1.165, 1.54) is 12.5 Å². The van der Waals surface area contributed by atoms with Gasteiger partial charge in [0.05, 0.1) is 12.4 Å². The van der Waals surface area contributed by atoms with Crippen molar-refractivity contribution in [3.63, 3.8) is 0 Å². The predicted octanol–water partition coefficient (Wildman–Crippen LogP) is -3.35. The molecule has 1 heterocycles. The van der Waals surface area contributed by atoms with Crippen molar-refractivity contribution < 1.29 is 24.3 Å². The maximum absolute atomic E-state index is 12.6. The van der Waals surface area contributed by atoms with Gasteiger partial charge in [-0.15, -0.1) is 0 Å². The number of amides is 3. The molecule has 3 amide bonds. The molecule has 3 atom stereocenters. The number of carbonyl (C=O) groups excluding carboxylic acids is 3. The first-order chi connectivity index (χ1) is 14.6. The monoisotopic (exact) mass is 439 g/mol. The minimum Gasteiger partial charge on any atom is -0.480 e. The topological polar surface area (TPSA) is 258 Å². The largest absolute Gasteiger partial charge is 0.480 e. The van der Waals surface area contributed by atoms with Crippen LogP contribution >= 0.6 is 0 Å². The van der Waals surface area contributed by atoms with Crippen LogP contribution in [0.5, 0.6) is 0 Å². The third kappa shape index (κ3) is 10.1. The third-order valence-electron chi connectivity index (χ3n) is 4.21. The summed E-state index contributed by atoms with van der Waals surface area (Å²) < 4.78 is 0. The molecular weight excluding hydrogens is 410 g/mol. The van der Waals surface area contributed by atoms with Gasteiger partial charge in [0, 0.05) is 31.3 Å². The van der Waals surface area contributed by atoms with Crippen LogP contribution in [0, 0.1) is 0 Å². The fourth-order valence-electron chi connectivity index (χ4n) is 2.57. The Morgan fingerprint density at radius 1 is 1.10 bits per heavy atom. The minimum absolute atomic E-state index is 0.0537. The Morgan fingerprint density at radius 2 is 1.77 bits per heavy atom. The van der Waals surface area contributed by atoms with E-state index >= 15 is 0 Å². The summed E-state index contributed by atoms with van der Waals surface area (Å²) in [6.07, 6.45) is 3.10. The molecule has 0 fully saturated rings. The summed E-state index contributed by atoms with van der Waals surface area (Å²) in [7, 11) is 0. The summed E-state index contributed by atoms with van der Waals surface area (Å²) in [4.78, 5) is 58.0. The highest BCUT2D eigenvalue weighted by atomic mass is 16.4. The van der Waals surface area contributed by atoms with Gasteiger partial charge in [-0.3, -0.25) is 19.4 Å². The minimum atomic E-state index is -1.28. The number of primary amides is 1.